The van der Waals surface area contributed by atoms with Crippen molar-refractivity contribution in [3.8, 4) is 0 Å². The molecule has 1 aliphatic rings. The number of carbonyl (C=O) groups is 2. The molecule has 1 aliphatic heterocycles. The Balaban J connectivity index is 0.00000242. The lowest BCUT2D eigenvalue weighted by molar-refractivity contribution is -0.143. The standard InChI is InChI=1S/C14H16Cl2N2O3.ClH/c15-10-1-2-11(16)12(7-10)17-13(19)8-18-5-3-9(4-6-18)14(20)21;/h1-2,7,9H,3-6,8H2,(H,17,19)(H,20,21);1H. The first-order valence-corrected chi connectivity index (χ1v) is 7.41. The summed E-state index contributed by atoms with van der Waals surface area (Å²) in [5.74, 6) is -1.25. The zero-order chi connectivity index (χ0) is 15.4. The Hall–Kier alpha value is -1.01. The van der Waals surface area contributed by atoms with Gasteiger partial charge in [0.25, 0.3) is 0 Å². The van der Waals surface area contributed by atoms with Crippen LogP contribution in [0.2, 0.25) is 10.0 Å². The second-order valence-corrected chi connectivity index (χ2v) is 5.90. The maximum atomic E-state index is 12.0. The van der Waals surface area contributed by atoms with E-state index >= 15 is 0 Å². The highest BCUT2D eigenvalue weighted by Crippen LogP contribution is 2.25. The number of rotatable bonds is 4. The average Bonchev–Trinajstić information content (AvgIpc) is 2.43. The highest BCUT2D eigenvalue weighted by molar-refractivity contribution is 6.35. The molecule has 0 aromatic heterocycles. The predicted octanol–water partition coefficient (Wildman–Crippen LogP) is 3.15. The van der Waals surface area contributed by atoms with Crippen LogP contribution in [0.15, 0.2) is 18.2 Å². The number of amides is 1. The number of hydrogen-bond acceptors (Lipinski definition) is 3. The number of likely N-dealkylation sites (tertiary alicyclic amines) is 1. The van der Waals surface area contributed by atoms with Crippen molar-refractivity contribution in [1.82, 2.24) is 4.90 Å². The van der Waals surface area contributed by atoms with E-state index in [0.717, 1.165) is 0 Å². The molecule has 1 heterocycles. The molecule has 2 rings (SSSR count). The van der Waals surface area contributed by atoms with Crippen molar-refractivity contribution in [2.75, 3.05) is 25.0 Å². The van der Waals surface area contributed by atoms with Gasteiger partial charge in [0.1, 0.15) is 0 Å². The van der Waals surface area contributed by atoms with Gasteiger partial charge in [0.15, 0.2) is 0 Å². The number of benzene rings is 1. The van der Waals surface area contributed by atoms with Gasteiger partial charge in [-0.15, -0.1) is 12.4 Å². The Kier molecular flexibility index (Phi) is 7.42. The molecule has 0 atom stereocenters. The van der Waals surface area contributed by atoms with Gasteiger partial charge in [-0.2, -0.15) is 0 Å². The van der Waals surface area contributed by atoms with E-state index in [4.69, 9.17) is 28.3 Å². The van der Waals surface area contributed by atoms with Crippen molar-refractivity contribution in [3.63, 3.8) is 0 Å². The van der Waals surface area contributed by atoms with E-state index in [1.165, 1.54) is 0 Å². The molecule has 2 N–H and O–H groups in total. The Morgan fingerprint density at radius 1 is 1.27 bits per heavy atom. The van der Waals surface area contributed by atoms with Crippen LogP contribution in [0.25, 0.3) is 0 Å². The third-order valence-electron chi connectivity index (χ3n) is 3.51. The van der Waals surface area contributed by atoms with E-state index in [2.05, 4.69) is 5.32 Å². The normalized spacial score (nSPS) is 15.9. The Morgan fingerprint density at radius 2 is 1.91 bits per heavy atom. The number of hydrogen-bond donors (Lipinski definition) is 2. The van der Waals surface area contributed by atoms with Gasteiger partial charge >= 0.3 is 5.97 Å². The van der Waals surface area contributed by atoms with Crippen LogP contribution in [0.1, 0.15) is 12.8 Å². The van der Waals surface area contributed by atoms with Crippen LogP contribution in [-0.2, 0) is 9.59 Å². The second-order valence-electron chi connectivity index (χ2n) is 5.06. The molecule has 0 aliphatic carbocycles. The lowest BCUT2D eigenvalue weighted by atomic mass is 9.97. The van der Waals surface area contributed by atoms with Crippen molar-refractivity contribution in [2.24, 2.45) is 5.92 Å². The summed E-state index contributed by atoms with van der Waals surface area (Å²) in [4.78, 5) is 24.8. The molecule has 1 fully saturated rings. The van der Waals surface area contributed by atoms with Crippen LogP contribution in [0, 0.1) is 5.92 Å². The maximum absolute atomic E-state index is 12.0. The van der Waals surface area contributed by atoms with Crippen molar-refractivity contribution in [3.05, 3.63) is 28.2 Å². The highest BCUT2D eigenvalue weighted by Gasteiger charge is 2.25. The van der Waals surface area contributed by atoms with Gasteiger partial charge in [-0.1, -0.05) is 23.2 Å². The van der Waals surface area contributed by atoms with E-state index in [1.807, 2.05) is 4.90 Å². The largest absolute Gasteiger partial charge is 0.481 e. The zero-order valence-electron chi connectivity index (χ0n) is 11.7. The minimum absolute atomic E-state index is 0. The van der Waals surface area contributed by atoms with Crippen molar-refractivity contribution >= 4 is 53.2 Å². The third-order valence-corrected chi connectivity index (χ3v) is 4.07. The molecular weight excluding hydrogens is 351 g/mol. The van der Waals surface area contributed by atoms with Crippen LogP contribution < -0.4 is 5.32 Å². The minimum Gasteiger partial charge on any atom is -0.481 e. The molecule has 1 saturated heterocycles. The highest BCUT2D eigenvalue weighted by atomic mass is 35.5. The molecule has 0 unspecified atom stereocenters. The zero-order valence-corrected chi connectivity index (χ0v) is 14.0. The average molecular weight is 368 g/mol. The number of nitrogens with zero attached hydrogens (tertiary/aromatic N) is 1. The summed E-state index contributed by atoms with van der Waals surface area (Å²) in [7, 11) is 0. The van der Waals surface area contributed by atoms with Crippen molar-refractivity contribution in [2.45, 2.75) is 12.8 Å². The molecule has 5 nitrogen and oxygen atoms in total. The van der Waals surface area contributed by atoms with Gasteiger partial charge in [0.2, 0.25) is 5.91 Å². The smallest absolute Gasteiger partial charge is 0.306 e. The number of carboxylic acid groups (broad SMARTS) is 1. The fourth-order valence-electron chi connectivity index (χ4n) is 2.32. The first-order valence-electron chi connectivity index (χ1n) is 6.66. The monoisotopic (exact) mass is 366 g/mol. The van der Waals surface area contributed by atoms with Gasteiger partial charge in [0, 0.05) is 5.02 Å². The number of carbonyl (C=O) groups excluding carboxylic acids is 1. The molecule has 1 aromatic rings. The third kappa shape index (κ3) is 5.32. The van der Waals surface area contributed by atoms with Gasteiger partial charge in [0.05, 0.1) is 23.2 Å². The fourth-order valence-corrected chi connectivity index (χ4v) is 2.66. The number of carboxylic acids is 1. The first-order chi connectivity index (χ1) is 9.95. The van der Waals surface area contributed by atoms with E-state index < -0.39 is 5.97 Å². The summed E-state index contributed by atoms with van der Waals surface area (Å²) in [6.07, 6.45) is 1.14. The van der Waals surface area contributed by atoms with Crippen LogP contribution in [0.4, 0.5) is 5.69 Å². The number of nitrogens with one attached hydrogen (secondary N) is 1. The molecule has 0 spiro atoms. The van der Waals surface area contributed by atoms with E-state index in [1.54, 1.807) is 18.2 Å². The van der Waals surface area contributed by atoms with Gasteiger partial charge in [-0.25, -0.2) is 0 Å². The quantitative estimate of drug-likeness (QED) is 0.857. The Morgan fingerprint density at radius 3 is 2.50 bits per heavy atom. The molecule has 0 saturated carbocycles. The topological polar surface area (TPSA) is 69.6 Å². The SMILES string of the molecule is Cl.O=C(CN1CCC(C(=O)O)CC1)Nc1cc(Cl)ccc1Cl. The van der Waals surface area contributed by atoms with Crippen molar-refractivity contribution in [1.29, 1.82) is 0 Å². The van der Waals surface area contributed by atoms with Crippen LogP contribution in [0.3, 0.4) is 0 Å². The molecule has 0 radical (unpaired) electrons. The molecule has 8 heteroatoms. The summed E-state index contributed by atoms with van der Waals surface area (Å²) < 4.78 is 0. The molecule has 22 heavy (non-hydrogen) atoms. The number of anilines is 1. The van der Waals surface area contributed by atoms with E-state index in [-0.39, 0.29) is 30.8 Å². The summed E-state index contributed by atoms with van der Waals surface area (Å²) in [6.45, 7) is 1.43. The molecular formula is C14H17Cl3N2O3. The lowest BCUT2D eigenvalue weighted by Gasteiger charge is -2.29. The summed E-state index contributed by atoms with van der Waals surface area (Å²) in [5, 5.41) is 12.6. The summed E-state index contributed by atoms with van der Waals surface area (Å²) in [6, 6.07) is 4.87. The maximum Gasteiger partial charge on any atom is 0.306 e. The Labute approximate surface area is 145 Å². The first kappa shape index (κ1) is 19.0. The van der Waals surface area contributed by atoms with Crippen LogP contribution in [-0.4, -0.2) is 41.5 Å². The summed E-state index contributed by atoms with van der Waals surface area (Å²) in [5.41, 5.74) is 0.481. The Bertz CT molecular complexity index is 546. The second kappa shape index (κ2) is 8.58. The van der Waals surface area contributed by atoms with E-state index in [0.29, 0.717) is 41.7 Å². The van der Waals surface area contributed by atoms with Gasteiger partial charge in [-0.05, 0) is 44.1 Å². The molecule has 1 aromatic carbocycles. The van der Waals surface area contributed by atoms with Crippen LogP contribution >= 0.6 is 35.6 Å². The number of halogens is 3. The van der Waals surface area contributed by atoms with Crippen molar-refractivity contribution < 1.29 is 14.7 Å². The molecule has 0 bridgehead atoms. The van der Waals surface area contributed by atoms with E-state index in [9.17, 15) is 9.59 Å². The number of aliphatic carboxylic acids is 1. The lowest BCUT2D eigenvalue weighted by Crippen LogP contribution is -2.40. The molecule has 122 valence electrons. The number of piperidine rings is 1. The van der Waals surface area contributed by atoms with Crippen LogP contribution in [0.5, 0.6) is 0 Å². The predicted molar refractivity (Wildman–Crippen MR) is 89.1 cm³/mol. The summed E-state index contributed by atoms with van der Waals surface area (Å²) >= 11 is 11.8. The van der Waals surface area contributed by atoms with Gasteiger partial charge in [-0.3, -0.25) is 14.5 Å². The minimum atomic E-state index is -0.759. The molecule has 1 amide bonds. The fraction of sp³-hybridized carbons (Fsp3) is 0.429. The van der Waals surface area contributed by atoms with Gasteiger partial charge < -0.3 is 10.4 Å².